The van der Waals surface area contributed by atoms with Gasteiger partial charge >= 0.3 is 5.69 Å². The van der Waals surface area contributed by atoms with E-state index in [0.29, 0.717) is 23.7 Å². The number of halogens is 1. The molecular weight excluding hydrogens is 342 g/mol. The van der Waals surface area contributed by atoms with Crippen LogP contribution in [-0.2, 0) is 18.3 Å². The lowest BCUT2D eigenvalue weighted by Gasteiger charge is -2.33. The maximum Gasteiger partial charge on any atom is 0.328 e. The molecule has 132 valence electrons. The fourth-order valence-corrected chi connectivity index (χ4v) is 3.35. The molecule has 25 heavy (non-hydrogen) atoms. The number of benzene rings is 1. The number of aromatic nitrogens is 2. The lowest BCUT2D eigenvalue weighted by molar-refractivity contribution is -0.131. The van der Waals surface area contributed by atoms with Crippen molar-refractivity contribution in [2.45, 2.75) is 25.2 Å². The van der Waals surface area contributed by atoms with Crippen LogP contribution in [-0.4, -0.2) is 33.4 Å². The van der Waals surface area contributed by atoms with Gasteiger partial charge in [0.05, 0.1) is 6.42 Å². The first kappa shape index (κ1) is 17.5. The van der Waals surface area contributed by atoms with E-state index in [-0.39, 0.29) is 18.2 Å². The molecule has 1 fully saturated rings. The molecule has 0 spiro atoms. The molecule has 2 aromatic rings. The molecule has 0 unspecified atom stereocenters. The summed E-state index contributed by atoms with van der Waals surface area (Å²) in [5.74, 6) is 0.177. The summed E-state index contributed by atoms with van der Waals surface area (Å²) < 4.78 is 0.981. The average molecular weight is 362 g/mol. The normalized spacial score (nSPS) is 17.5. The molecule has 1 aliphatic heterocycles. The van der Waals surface area contributed by atoms with E-state index in [4.69, 9.17) is 11.6 Å². The molecule has 2 heterocycles. The number of amides is 1. The monoisotopic (exact) mass is 361 g/mol. The van der Waals surface area contributed by atoms with Crippen molar-refractivity contribution >= 4 is 17.5 Å². The third-order valence-electron chi connectivity index (χ3n) is 4.71. The number of H-pyrrole nitrogens is 1. The Morgan fingerprint density at radius 1 is 1.28 bits per heavy atom. The third-order valence-corrected chi connectivity index (χ3v) is 4.96. The molecule has 1 saturated heterocycles. The van der Waals surface area contributed by atoms with Crippen LogP contribution in [0.4, 0.5) is 0 Å². The van der Waals surface area contributed by atoms with E-state index in [1.165, 1.54) is 18.8 Å². The fourth-order valence-electron chi connectivity index (χ4n) is 3.23. The lowest BCUT2D eigenvalue weighted by Crippen LogP contribution is -2.42. The summed E-state index contributed by atoms with van der Waals surface area (Å²) in [4.78, 5) is 40.4. The van der Waals surface area contributed by atoms with Crippen molar-refractivity contribution in [3.05, 3.63) is 67.4 Å². The smallest absolute Gasteiger partial charge is 0.328 e. The van der Waals surface area contributed by atoms with Crippen LogP contribution in [0.15, 0.2) is 40.1 Å². The van der Waals surface area contributed by atoms with Gasteiger partial charge in [-0.2, -0.15) is 0 Å². The Bertz CT molecular complexity index is 886. The highest BCUT2D eigenvalue weighted by molar-refractivity contribution is 6.30. The molecular formula is C18H20ClN3O3. The molecule has 1 N–H and O–H groups in total. The average Bonchev–Trinajstić information content (AvgIpc) is 2.63. The first-order chi connectivity index (χ1) is 12.0. The van der Waals surface area contributed by atoms with Crippen molar-refractivity contribution in [1.29, 1.82) is 0 Å². The fraction of sp³-hybridized carbons (Fsp3) is 0.389. The van der Waals surface area contributed by atoms with Gasteiger partial charge in [0.1, 0.15) is 0 Å². The molecule has 0 aliphatic carbocycles. The van der Waals surface area contributed by atoms with Crippen LogP contribution in [0.5, 0.6) is 0 Å². The minimum Gasteiger partial charge on any atom is -0.342 e. The number of piperidine rings is 1. The van der Waals surface area contributed by atoms with Crippen molar-refractivity contribution in [2.24, 2.45) is 7.05 Å². The largest absolute Gasteiger partial charge is 0.342 e. The second-order valence-electron chi connectivity index (χ2n) is 6.39. The van der Waals surface area contributed by atoms with E-state index >= 15 is 0 Å². The summed E-state index contributed by atoms with van der Waals surface area (Å²) in [6.07, 6.45) is 3.27. The van der Waals surface area contributed by atoms with E-state index in [0.717, 1.165) is 17.4 Å². The maximum atomic E-state index is 12.6. The summed E-state index contributed by atoms with van der Waals surface area (Å²) >= 11 is 5.94. The van der Waals surface area contributed by atoms with Gasteiger partial charge in [-0.1, -0.05) is 23.7 Å². The highest BCUT2D eigenvalue weighted by Gasteiger charge is 2.25. The molecule has 1 amide bonds. The van der Waals surface area contributed by atoms with Gasteiger partial charge in [0, 0.05) is 42.8 Å². The van der Waals surface area contributed by atoms with E-state index in [1.807, 2.05) is 24.3 Å². The highest BCUT2D eigenvalue weighted by Crippen LogP contribution is 2.28. The van der Waals surface area contributed by atoms with Crippen LogP contribution in [0.1, 0.15) is 29.9 Å². The Morgan fingerprint density at radius 3 is 2.72 bits per heavy atom. The molecule has 0 bridgehead atoms. The number of rotatable bonds is 3. The maximum absolute atomic E-state index is 12.6. The molecule has 6 nitrogen and oxygen atoms in total. The minimum atomic E-state index is -0.484. The summed E-state index contributed by atoms with van der Waals surface area (Å²) in [5, 5.41) is 0.696. The number of carbonyl (C=O) groups is 1. The Balaban J connectivity index is 1.72. The number of nitrogens with zero attached hydrogens (tertiary/aromatic N) is 2. The number of nitrogens with one attached hydrogen (secondary N) is 1. The van der Waals surface area contributed by atoms with Crippen LogP contribution in [0.25, 0.3) is 0 Å². The highest BCUT2D eigenvalue weighted by atomic mass is 35.5. The van der Waals surface area contributed by atoms with Gasteiger partial charge in [0.2, 0.25) is 5.91 Å². The van der Waals surface area contributed by atoms with E-state index in [1.54, 1.807) is 4.90 Å². The Labute approximate surface area is 150 Å². The molecule has 0 radical (unpaired) electrons. The van der Waals surface area contributed by atoms with Crippen LogP contribution >= 0.6 is 11.6 Å². The molecule has 0 saturated carbocycles. The zero-order chi connectivity index (χ0) is 18.0. The van der Waals surface area contributed by atoms with Gasteiger partial charge < -0.3 is 9.88 Å². The predicted octanol–water partition coefficient (Wildman–Crippen LogP) is 1.68. The summed E-state index contributed by atoms with van der Waals surface area (Å²) in [6, 6.07) is 7.72. The van der Waals surface area contributed by atoms with Crippen molar-refractivity contribution < 1.29 is 4.79 Å². The minimum absolute atomic E-state index is 0.00318. The second-order valence-corrected chi connectivity index (χ2v) is 6.83. The van der Waals surface area contributed by atoms with Gasteiger partial charge in [0.25, 0.3) is 5.56 Å². The number of carbonyl (C=O) groups excluding carboxylic acids is 1. The van der Waals surface area contributed by atoms with Crippen molar-refractivity contribution in [1.82, 2.24) is 14.5 Å². The SMILES string of the molecule is Cn1c(=O)[nH]cc(CC(=O)N2CCC[C@H](c3ccc(Cl)cc3)C2)c1=O. The number of likely N-dealkylation sites (tertiary alicyclic amines) is 1. The van der Waals surface area contributed by atoms with Crippen LogP contribution in [0.3, 0.4) is 0 Å². The Hall–Kier alpha value is -2.34. The second kappa shape index (κ2) is 7.27. The van der Waals surface area contributed by atoms with E-state index < -0.39 is 11.2 Å². The molecule has 1 aromatic carbocycles. The van der Waals surface area contributed by atoms with Crippen molar-refractivity contribution in [3.8, 4) is 0 Å². The van der Waals surface area contributed by atoms with E-state index in [2.05, 4.69) is 4.98 Å². The first-order valence-corrected chi connectivity index (χ1v) is 8.64. The lowest BCUT2D eigenvalue weighted by atomic mass is 9.90. The van der Waals surface area contributed by atoms with Crippen molar-refractivity contribution in [2.75, 3.05) is 13.1 Å². The number of hydrogen-bond acceptors (Lipinski definition) is 3. The number of aromatic amines is 1. The Morgan fingerprint density at radius 2 is 2.00 bits per heavy atom. The summed E-state index contributed by atoms with van der Waals surface area (Å²) in [7, 11) is 1.40. The quantitative estimate of drug-likeness (QED) is 0.903. The first-order valence-electron chi connectivity index (χ1n) is 8.26. The van der Waals surface area contributed by atoms with Gasteiger partial charge in [0.15, 0.2) is 0 Å². The number of hydrogen-bond donors (Lipinski definition) is 1. The molecule has 1 aliphatic rings. The van der Waals surface area contributed by atoms with Gasteiger partial charge in [-0.25, -0.2) is 4.79 Å². The standard InChI is InChI=1S/C18H20ClN3O3/c1-21-17(24)14(10-20-18(21)25)9-16(23)22-8-2-3-13(11-22)12-4-6-15(19)7-5-12/h4-7,10,13H,2-3,8-9,11H2,1H3,(H,20,25)/t13-/m0/s1. The van der Waals surface area contributed by atoms with Crippen LogP contribution in [0, 0.1) is 0 Å². The van der Waals surface area contributed by atoms with Gasteiger partial charge in [-0.15, -0.1) is 0 Å². The summed E-state index contributed by atoms with van der Waals surface area (Å²) in [6.45, 7) is 1.32. The third kappa shape index (κ3) is 3.85. The van der Waals surface area contributed by atoms with Gasteiger partial charge in [-0.3, -0.25) is 14.2 Å². The van der Waals surface area contributed by atoms with Crippen LogP contribution < -0.4 is 11.2 Å². The topological polar surface area (TPSA) is 75.2 Å². The molecule has 1 atom stereocenters. The molecule has 7 heteroatoms. The van der Waals surface area contributed by atoms with E-state index in [9.17, 15) is 14.4 Å². The van der Waals surface area contributed by atoms with Crippen molar-refractivity contribution in [3.63, 3.8) is 0 Å². The molecule has 3 rings (SSSR count). The predicted molar refractivity (Wildman–Crippen MR) is 96.0 cm³/mol. The zero-order valence-electron chi connectivity index (χ0n) is 14.0. The van der Waals surface area contributed by atoms with Crippen LogP contribution in [0.2, 0.25) is 5.02 Å². The summed E-state index contributed by atoms with van der Waals surface area (Å²) in [5.41, 5.74) is 0.563. The molecule has 1 aromatic heterocycles. The van der Waals surface area contributed by atoms with Gasteiger partial charge in [-0.05, 0) is 30.5 Å². The zero-order valence-corrected chi connectivity index (χ0v) is 14.8. The Kier molecular flexibility index (Phi) is 5.08.